The number of rotatable bonds is 6. The van der Waals surface area contributed by atoms with Crippen molar-refractivity contribution in [3.63, 3.8) is 0 Å². The van der Waals surface area contributed by atoms with Gasteiger partial charge in [-0.2, -0.15) is 0 Å². The second-order valence-corrected chi connectivity index (χ2v) is 6.43. The van der Waals surface area contributed by atoms with Crippen LogP contribution in [0.1, 0.15) is 23.2 Å². The van der Waals surface area contributed by atoms with Gasteiger partial charge in [0, 0.05) is 24.7 Å². The quantitative estimate of drug-likeness (QED) is 0.833. The average Bonchev–Trinajstić information content (AvgIpc) is 2.64. The number of nitrogens with one attached hydrogen (secondary N) is 1. The van der Waals surface area contributed by atoms with Crippen LogP contribution in [-0.2, 0) is 4.79 Å². The maximum atomic E-state index is 12.5. The molecule has 3 rings (SSSR count). The molecule has 3 N–H and O–H groups in total. The number of piperidine rings is 1. The fourth-order valence-electron chi connectivity index (χ4n) is 3.05. The molecule has 0 spiro atoms. The number of para-hydroxylation sites is 1. The molecule has 1 heterocycles. The number of likely N-dealkylation sites (tertiary alicyclic amines) is 1. The van der Waals surface area contributed by atoms with Gasteiger partial charge in [0.15, 0.2) is 0 Å². The van der Waals surface area contributed by atoms with E-state index in [4.69, 9.17) is 10.5 Å². The fourth-order valence-corrected chi connectivity index (χ4v) is 3.05. The van der Waals surface area contributed by atoms with Gasteiger partial charge in [-0.25, -0.2) is 0 Å². The average molecular weight is 353 g/mol. The van der Waals surface area contributed by atoms with Gasteiger partial charge in [-0.3, -0.25) is 14.5 Å². The van der Waals surface area contributed by atoms with Crippen LogP contribution in [0.25, 0.3) is 0 Å². The topological polar surface area (TPSA) is 84.7 Å². The smallest absolute Gasteiger partial charge is 0.251 e. The van der Waals surface area contributed by atoms with Crippen molar-refractivity contribution >= 4 is 11.8 Å². The molecule has 1 aliphatic rings. The Morgan fingerprint density at radius 2 is 1.73 bits per heavy atom. The molecule has 136 valence electrons. The maximum absolute atomic E-state index is 12.5. The first-order valence-corrected chi connectivity index (χ1v) is 8.74. The SMILES string of the molecule is NC(=O)CN1CCC(NC(=O)c2cccc(Oc3ccccc3)c2)CC1. The number of primary amides is 1. The molecule has 26 heavy (non-hydrogen) atoms. The second-order valence-electron chi connectivity index (χ2n) is 6.43. The van der Waals surface area contributed by atoms with Gasteiger partial charge in [-0.15, -0.1) is 0 Å². The number of amides is 2. The summed E-state index contributed by atoms with van der Waals surface area (Å²) >= 11 is 0. The zero-order valence-corrected chi connectivity index (χ0v) is 14.6. The summed E-state index contributed by atoms with van der Waals surface area (Å²) < 4.78 is 5.78. The van der Waals surface area contributed by atoms with Crippen LogP contribution in [0.2, 0.25) is 0 Å². The number of ether oxygens (including phenoxy) is 1. The Labute approximate surface area is 152 Å². The van der Waals surface area contributed by atoms with Crippen molar-refractivity contribution in [2.24, 2.45) is 5.73 Å². The predicted molar refractivity (Wildman–Crippen MR) is 99.1 cm³/mol. The summed E-state index contributed by atoms with van der Waals surface area (Å²) in [4.78, 5) is 25.5. The number of carbonyl (C=O) groups is 2. The number of nitrogens with two attached hydrogens (primary N) is 1. The molecule has 2 aromatic carbocycles. The molecule has 6 nitrogen and oxygen atoms in total. The fraction of sp³-hybridized carbons (Fsp3) is 0.300. The Bertz CT molecular complexity index is 756. The molecule has 2 amide bonds. The standard InChI is InChI=1S/C20H23N3O3/c21-19(24)14-23-11-9-16(10-12-23)22-20(25)15-5-4-8-18(13-15)26-17-6-2-1-3-7-17/h1-8,13,16H,9-12,14H2,(H2,21,24)(H,22,25). The Morgan fingerprint density at radius 3 is 2.42 bits per heavy atom. The highest BCUT2D eigenvalue weighted by Crippen LogP contribution is 2.22. The lowest BCUT2D eigenvalue weighted by molar-refractivity contribution is -0.119. The monoisotopic (exact) mass is 353 g/mol. The minimum Gasteiger partial charge on any atom is -0.457 e. The first-order valence-electron chi connectivity index (χ1n) is 8.74. The summed E-state index contributed by atoms with van der Waals surface area (Å²) in [6, 6.07) is 16.7. The van der Waals surface area contributed by atoms with Crippen molar-refractivity contribution in [3.05, 3.63) is 60.2 Å². The molecule has 6 heteroatoms. The van der Waals surface area contributed by atoms with Crippen molar-refractivity contribution in [1.29, 1.82) is 0 Å². The van der Waals surface area contributed by atoms with Crippen LogP contribution in [0.15, 0.2) is 54.6 Å². The third-order valence-corrected chi connectivity index (χ3v) is 4.38. The second kappa shape index (κ2) is 8.49. The molecule has 1 fully saturated rings. The highest BCUT2D eigenvalue weighted by atomic mass is 16.5. The minimum absolute atomic E-state index is 0.102. The van der Waals surface area contributed by atoms with Crippen LogP contribution >= 0.6 is 0 Å². The van der Waals surface area contributed by atoms with E-state index in [0.29, 0.717) is 11.3 Å². The van der Waals surface area contributed by atoms with E-state index in [0.717, 1.165) is 31.7 Å². The number of carbonyl (C=O) groups excluding carboxylic acids is 2. The zero-order chi connectivity index (χ0) is 18.4. The Balaban J connectivity index is 1.55. The highest BCUT2D eigenvalue weighted by Gasteiger charge is 2.22. The van der Waals surface area contributed by atoms with E-state index in [1.54, 1.807) is 12.1 Å². The molecule has 0 saturated carbocycles. The number of hydrogen-bond acceptors (Lipinski definition) is 4. The third kappa shape index (κ3) is 5.07. The van der Waals surface area contributed by atoms with E-state index in [1.165, 1.54) is 0 Å². The molecule has 0 unspecified atom stereocenters. The van der Waals surface area contributed by atoms with Crippen LogP contribution < -0.4 is 15.8 Å². The molecule has 1 aliphatic heterocycles. The summed E-state index contributed by atoms with van der Waals surface area (Å²) in [5.41, 5.74) is 5.79. The van der Waals surface area contributed by atoms with Crippen molar-refractivity contribution in [1.82, 2.24) is 10.2 Å². The number of benzene rings is 2. The van der Waals surface area contributed by atoms with Gasteiger partial charge in [0.2, 0.25) is 5.91 Å². The molecule has 0 bridgehead atoms. The van der Waals surface area contributed by atoms with E-state index in [2.05, 4.69) is 5.32 Å². The molecular weight excluding hydrogens is 330 g/mol. The van der Waals surface area contributed by atoms with Gasteiger partial charge in [0.25, 0.3) is 5.91 Å². The molecular formula is C20H23N3O3. The summed E-state index contributed by atoms with van der Waals surface area (Å²) in [5.74, 6) is 0.923. The Morgan fingerprint density at radius 1 is 1.04 bits per heavy atom. The van der Waals surface area contributed by atoms with Gasteiger partial charge in [-0.05, 0) is 43.2 Å². The van der Waals surface area contributed by atoms with Gasteiger partial charge in [0.05, 0.1) is 6.54 Å². The third-order valence-electron chi connectivity index (χ3n) is 4.38. The largest absolute Gasteiger partial charge is 0.457 e. The first-order chi connectivity index (χ1) is 12.6. The van der Waals surface area contributed by atoms with Crippen molar-refractivity contribution in [2.45, 2.75) is 18.9 Å². The van der Waals surface area contributed by atoms with Crippen LogP contribution in [0.3, 0.4) is 0 Å². The van der Waals surface area contributed by atoms with Gasteiger partial charge < -0.3 is 15.8 Å². The van der Waals surface area contributed by atoms with Crippen molar-refractivity contribution in [3.8, 4) is 11.5 Å². The van der Waals surface area contributed by atoms with E-state index in [-0.39, 0.29) is 24.4 Å². The molecule has 0 atom stereocenters. The predicted octanol–water partition coefficient (Wildman–Crippen LogP) is 2.16. The van der Waals surface area contributed by atoms with E-state index in [9.17, 15) is 9.59 Å². The van der Waals surface area contributed by atoms with Crippen molar-refractivity contribution < 1.29 is 14.3 Å². The summed E-state index contributed by atoms with van der Waals surface area (Å²) in [5, 5.41) is 3.06. The lowest BCUT2D eigenvalue weighted by Gasteiger charge is -2.31. The van der Waals surface area contributed by atoms with Crippen LogP contribution in [-0.4, -0.2) is 42.4 Å². The molecule has 0 aliphatic carbocycles. The Kier molecular flexibility index (Phi) is 5.86. The van der Waals surface area contributed by atoms with Gasteiger partial charge in [0.1, 0.15) is 11.5 Å². The zero-order valence-electron chi connectivity index (χ0n) is 14.6. The van der Waals surface area contributed by atoms with E-state index >= 15 is 0 Å². The Hall–Kier alpha value is -2.86. The lowest BCUT2D eigenvalue weighted by Crippen LogP contribution is -2.46. The van der Waals surface area contributed by atoms with Gasteiger partial charge in [-0.1, -0.05) is 24.3 Å². The van der Waals surface area contributed by atoms with Crippen molar-refractivity contribution in [2.75, 3.05) is 19.6 Å². The lowest BCUT2D eigenvalue weighted by atomic mass is 10.0. The van der Waals surface area contributed by atoms with Crippen LogP contribution in [0, 0.1) is 0 Å². The summed E-state index contributed by atoms with van der Waals surface area (Å²) in [6.07, 6.45) is 1.61. The van der Waals surface area contributed by atoms with Crippen LogP contribution in [0.4, 0.5) is 0 Å². The number of nitrogens with zero attached hydrogens (tertiary/aromatic N) is 1. The number of hydrogen-bond donors (Lipinski definition) is 2. The maximum Gasteiger partial charge on any atom is 0.251 e. The molecule has 0 radical (unpaired) electrons. The summed E-state index contributed by atoms with van der Waals surface area (Å²) in [7, 11) is 0. The minimum atomic E-state index is -0.317. The van der Waals surface area contributed by atoms with E-state index < -0.39 is 0 Å². The molecule has 2 aromatic rings. The van der Waals surface area contributed by atoms with Crippen LogP contribution in [0.5, 0.6) is 11.5 Å². The normalized spacial score (nSPS) is 15.4. The summed E-state index contributed by atoms with van der Waals surface area (Å²) in [6.45, 7) is 1.79. The molecule has 1 saturated heterocycles. The molecule has 0 aromatic heterocycles. The van der Waals surface area contributed by atoms with Gasteiger partial charge >= 0.3 is 0 Å². The van der Waals surface area contributed by atoms with E-state index in [1.807, 2.05) is 47.4 Å². The first kappa shape index (κ1) is 17.9. The highest BCUT2D eigenvalue weighted by molar-refractivity contribution is 5.94.